The minimum atomic E-state index is -1.76. The van der Waals surface area contributed by atoms with Gasteiger partial charge in [0.05, 0.1) is 0 Å². The molecule has 0 aliphatic carbocycles. The first kappa shape index (κ1) is 17.2. The highest BCUT2D eigenvalue weighted by Gasteiger charge is 2.35. The lowest BCUT2D eigenvalue weighted by molar-refractivity contribution is -0.158. The van der Waals surface area contributed by atoms with Crippen molar-refractivity contribution in [3.05, 3.63) is 21.5 Å². The Balaban J connectivity index is 5.00. The second-order valence-corrected chi connectivity index (χ2v) is 4.68. The van der Waals surface area contributed by atoms with Gasteiger partial charge in [-0.3, -0.25) is 4.79 Å². The zero-order chi connectivity index (χ0) is 14.3. The Labute approximate surface area is 122 Å². The maximum Gasteiger partial charge on any atom is 0.349 e. The Hall–Kier alpha value is -0.820. The van der Waals surface area contributed by atoms with Crippen LogP contribution in [0, 0.1) is 0 Å². The lowest BCUT2D eigenvalue weighted by Gasteiger charge is -2.19. The van der Waals surface area contributed by atoms with Gasteiger partial charge >= 0.3 is 5.97 Å². The van der Waals surface area contributed by atoms with E-state index in [0.717, 1.165) is 6.26 Å². The second-order valence-electron chi connectivity index (χ2n) is 2.67. The molecule has 10 heteroatoms. The summed E-state index contributed by atoms with van der Waals surface area (Å²) < 4.78 is 8.66. The zero-order valence-corrected chi connectivity index (χ0v) is 11.5. The molecule has 1 amide bonds. The Bertz CT molecular complexity index is 340. The van der Waals surface area contributed by atoms with Gasteiger partial charge in [0.1, 0.15) is 21.5 Å². The summed E-state index contributed by atoms with van der Waals surface area (Å²) >= 11 is 21.0. The predicted octanol–water partition coefficient (Wildman–Crippen LogP) is 1.88. The van der Waals surface area contributed by atoms with Crippen LogP contribution in [0.2, 0.25) is 0 Å². The molecule has 0 heterocycles. The number of carboxylic acid groups (broad SMARTS) is 1. The van der Waals surface area contributed by atoms with E-state index in [1.165, 1.54) is 0 Å². The average molecular weight is 339 g/mol. The van der Waals surface area contributed by atoms with E-state index in [1.807, 2.05) is 0 Å². The van der Waals surface area contributed by atoms with Crippen molar-refractivity contribution in [2.24, 2.45) is 5.73 Å². The summed E-state index contributed by atoms with van der Waals surface area (Å²) in [5.41, 5.74) is 4.96. The van der Waals surface area contributed by atoms with Crippen molar-refractivity contribution >= 4 is 58.3 Å². The Morgan fingerprint density at radius 1 is 1.00 bits per heavy atom. The van der Waals surface area contributed by atoms with Crippen LogP contribution in [0.4, 0.5) is 0 Å². The zero-order valence-electron chi connectivity index (χ0n) is 8.48. The van der Waals surface area contributed by atoms with Crippen LogP contribution in [-0.2, 0) is 19.1 Å². The molecule has 6 nitrogen and oxygen atoms in total. The molecular weight excluding hydrogens is 332 g/mol. The van der Waals surface area contributed by atoms with Crippen LogP contribution in [0.25, 0.3) is 0 Å². The maximum atomic E-state index is 11.1. The molecule has 2 unspecified atom stereocenters. The summed E-state index contributed by atoms with van der Waals surface area (Å²) in [4.78, 5) is 21.9. The van der Waals surface area contributed by atoms with E-state index in [0.29, 0.717) is 6.26 Å². The lowest BCUT2D eigenvalue weighted by atomic mass is 10.2. The van der Waals surface area contributed by atoms with Crippen LogP contribution in [0.1, 0.15) is 0 Å². The molecule has 0 saturated carbocycles. The molecule has 0 rings (SSSR count). The number of ether oxygens (including phenoxy) is 2. The van der Waals surface area contributed by atoms with Crippen LogP contribution in [0.5, 0.6) is 0 Å². The van der Waals surface area contributed by atoms with Gasteiger partial charge in [-0.1, -0.05) is 46.4 Å². The average Bonchev–Trinajstić information content (AvgIpc) is 2.20. The largest absolute Gasteiger partial charge is 0.481 e. The smallest absolute Gasteiger partial charge is 0.349 e. The monoisotopic (exact) mass is 337 g/mol. The number of hydrogen-bond donors (Lipinski definition) is 2. The fraction of sp³-hybridized carbons (Fsp3) is 0.250. The molecule has 0 aromatic rings. The van der Waals surface area contributed by atoms with Crippen LogP contribution in [-0.4, -0.2) is 29.2 Å². The predicted molar refractivity (Wildman–Crippen MR) is 66.2 cm³/mol. The summed E-state index contributed by atoms with van der Waals surface area (Å²) in [5.74, 6) is -2.63. The third-order valence-electron chi connectivity index (χ3n) is 1.41. The van der Waals surface area contributed by atoms with Gasteiger partial charge in [-0.25, -0.2) is 4.79 Å². The number of primary amides is 1. The lowest BCUT2D eigenvalue weighted by Crippen LogP contribution is -2.45. The number of hydrogen-bond acceptors (Lipinski definition) is 4. The third-order valence-corrected chi connectivity index (χ3v) is 1.76. The van der Waals surface area contributed by atoms with Gasteiger partial charge in [-0.05, 0) is 0 Å². The minimum absolute atomic E-state index is 0.337. The molecule has 0 aromatic carbocycles. The van der Waals surface area contributed by atoms with E-state index in [2.05, 4.69) is 4.74 Å². The molecule has 102 valence electrons. The molecule has 3 N–H and O–H groups in total. The molecule has 0 aliphatic heterocycles. The molecule has 2 atom stereocenters. The van der Waals surface area contributed by atoms with E-state index < -0.39 is 24.1 Å². The third kappa shape index (κ3) is 6.80. The van der Waals surface area contributed by atoms with E-state index in [9.17, 15) is 9.59 Å². The van der Waals surface area contributed by atoms with Crippen molar-refractivity contribution in [3.8, 4) is 0 Å². The van der Waals surface area contributed by atoms with Gasteiger partial charge in [0.2, 0.25) is 12.2 Å². The highest BCUT2D eigenvalue weighted by molar-refractivity contribution is 6.56. The molecule has 0 aromatic heterocycles. The first-order chi connectivity index (χ1) is 8.25. The number of rotatable bonds is 7. The van der Waals surface area contributed by atoms with Crippen molar-refractivity contribution < 1.29 is 24.2 Å². The van der Waals surface area contributed by atoms with Gasteiger partial charge < -0.3 is 20.3 Å². The highest BCUT2D eigenvalue weighted by atomic mass is 35.5. The van der Waals surface area contributed by atoms with Crippen LogP contribution < -0.4 is 5.73 Å². The van der Waals surface area contributed by atoms with E-state index in [-0.39, 0.29) is 8.98 Å². The topological polar surface area (TPSA) is 98.9 Å². The maximum absolute atomic E-state index is 11.1. The van der Waals surface area contributed by atoms with Crippen molar-refractivity contribution in [1.29, 1.82) is 0 Å². The summed E-state index contributed by atoms with van der Waals surface area (Å²) in [6, 6.07) is 0. The number of carbonyl (C=O) groups excluding carboxylic acids is 1. The van der Waals surface area contributed by atoms with Crippen LogP contribution >= 0.6 is 46.4 Å². The number of halogens is 4. The minimum Gasteiger partial charge on any atom is -0.481 e. The van der Waals surface area contributed by atoms with E-state index in [4.69, 9.17) is 62.0 Å². The van der Waals surface area contributed by atoms with Gasteiger partial charge in [-0.15, -0.1) is 0 Å². The first-order valence-corrected chi connectivity index (χ1v) is 5.62. The standard InChI is InChI=1S/C8H7Cl4NO5/c9-3(10)1-17-5(7(13)14)6(8(15)16)18-2-4(11)12/h1-2,5-6H,(H2,13,14)(H,15,16). The van der Waals surface area contributed by atoms with Crippen molar-refractivity contribution in [1.82, 2.24) is 0 Å². The molecule has 0 aliphatic rings. The number of aliphatic carboxylic acids is 1. The summed E-state index contributed by atoms with van der Waals surface area (Å²) in [7, 11) is 0. The normalized spacial score (nSPS) is 12.9. The molecular formula is C8H7Cl4NO5. The molecule has 0 fully saturated rings. The molecule has 0 radical (unpaired) electrons. The SMILES string of the molecule is NC(=O)C(OC=C(Cl)Cl)C(OC=C(Cl)Cl)C(=O)O. The fourth-order valence-corrected chi connectivity index (χ4v) is 1.00. The number of amides is 1. The van der Waals surface area contributed by atoms with Gasteiger partial charge in [0.15, 0.2) is 0 Å². The quantitative estimate of drug-likeness (QED) is 0.690. The number of carbonyl (C=O) groups is 2. The number of carboxylic acids is 1. The Morgan fingerprint density at radius 3 is 1.67 bits per heavy atom. The molecule has 0 bridgehead atoms. The molecule has 0 spiro atoms. The summed E-state index contributed by atoms with van der Waals surface area (Å²) in [6.07, 6.45) is -1.98. The van der Waals surface area contributed by atoms with E-state index in [1.54, 1.807) is 0 Å². The second kappa shape index (κ2) is 8.31. The Kier molecular flexibility index (Phi) is 7.93. The molecule has 18 heavy (non-hydrogen) atoms. The van der Waals surface area contributed by atoms with Crippen molar-refractivity contribution in [3.63, 3.8) is 0 Å². The van der Waals surface area contributed by atoms with Crippen LogP contribution in [0.3, 0.4) is 0 Å². The van der Waals surface area contributed by atoms with Crippen LogP contribution in [0.15, 0.2) is 21.5 Å². The summed E-state index contributed by atoms with van der Waals surface area (Å²) in [6.45, 7) is 0. The fourth-order valence-electron chi connectivity index (χ4n) is 0.796. The van der Waals surface area contributed by atoms with Gasteiger partial charge in [0, 0.05) is 0 Å². The Morgan fingerprint density at radius 2 is 1.39 bits per heavy atom. The van der Waals surface area contributed by atoms with E-state index >= 15 is 0 Å². The first-order valence-electron chi connectivity index (χ1n) is 4.11. The highest BCUT2D eigenvalue weighted by Crippen LogP contribution is 2.14. The summed E-state index contributed by atoms with van der Waals surface area (Å²) in [5, 5.41) is 8.86. The van der Waals surface area contributed by atoms with Crippen molar-refractivity contribution in [2.45, 2.75) is 12.2 Å². The van der Waals surface area contributed by atoms with Gasteiger partial charge in [-0.2, -0.15) is 0 Å². The number of nitrogens with two attached hydrogens (primary N) is 1. The van der Waals surface area contributed by atoms with Crippen molar-refractivity contribution in [2.75, 3.05) is 0 Å². The van der Waals surface area contributed by atoms with Gasteiger partial charge in [0.25, 0.3) is 5.91 Å². The molecule has 0 saturated heterocycles.